The largest absolute Gasteiger partial charge is 0.444 e. The number of anilines is 1. The van der Waals surface area contributed by atoms with Crippen LogP contribution in [0, 0.1) is 0 Å². The Morgan fingerprint density at radius 3 is 2.65 bits per heavy atom. The predicted molar refractivity (Wildman–Crippen MR) is 90.1 cm³/mol. The van der Waals surface area contributed by atoms with E-state index in [4.69, 9.17) is 4.74 Å². The fraction of sp³-hybridized carbons (Fsp3) is 0.412. The number of aromatic amines is 1. The minimum Gasteiger partial charge on any atom is -0.444 e. The molecule has 1 unspecified atom stereocenters. The summed E-state index contributed by atoms with van der Waals surface area (Å²) in [6, 6.07) is 10.4. The number of hydrogen-bond donors (Lipinski definition) is 3. The van der Waals surface area contributed by atoms with Crippen LogP contribution < -0.4 is 10.6 Å². The molecule has 0 aliphatic rings. The van der Waals surface area contributed by atoms with E-state index in [2.05, 4.69) is 39.9 Å². The number of carbonyl (C=O) groups excluding carboxylic acids is 1. The van der Waals surface area contributed by atoms with Crippen LogP contribution in [0.4, 0.5) is 10.6 Å². The highest BCUT2D eigenvalue weighted by Gasteiger charge is 2.18. The Kier molecular flexibility index (Phi) is 5.39. The van der Waals surface area contributed by atoms with Crippen molar-refractivity contribution in [1.29, 1.82) is 0 Å². The first kappa shape index (κ1) is 17.0. The topological polar surface area (TPSA) is 79.0 Å². The summed E-state index contributed by atoms with van der Waals surface area (Å²) in [7, 11) is 0. The molecule has 6 nitrogen and oxygen atoms in total. The minimum absolute atomic E-state index is 0.195. The fourth-order valence-electron chi connectivity index (χ4n) is 2.08. The van der Waals surface area contributed by atoms with Crippen LogP contribution in [0.2, 0.25) is 0 Å². The van der Waals surface area contributed by atoms with Gasteiger partial charge in [0.05, 0.1) is 6.20 Å². The Morgan fingerprint density at radius 1 is 1.30 bits per heavy atom. The van der Waals surface area contributed by atoms with Gasteiger partial charge in [-0.15, -0.1) is 0 Å². The van der Waals surface area contributed by atoms with Gasteiger partial charge in [-0.25, -0.2) is 4.79 Å². The van der Waals surface area contributed by atoms with Crippen LogP contribution >= 0.6 is 0 Å². The number of nitrogens with one attached hydrogen (secondary N) is 3. The zero-order valence-electron chi connectivity index (χ0n) is 14.0. The van der Waals surface area contributed by atoms with Gasteiger partial charge in [0.1, 0.15) is 11.4 Å². The van der Waals surface area contributed by atoms with Crippen LogP contribution in [0.15, 0.2) is 36.5 Å². The van der Waals surface area contributed by atoms with Gasteiger partial charge < -0.3 is 10.1 Å². The molecule has 1 atom stereocenters. The molecule has 0 radical (unpaired) electrons. The zero-order chi connectivity index (χ0) is 16.9. The summed E-state index contributed by atoms with van der Waals surface area (Å²) in [6.07, 6.45) is 1.19. The molecule has 0 saturated carbocycles. The quantitative estimate of drug-likeness (QED) is 0.787. The molecule has 6 heteroatoms. The molecule has 1 aromatic heterocycles. The molecule has 0 aliphatic carbocycles. The molecule has 0 aliphatic heterocycles. The Morgan fingerprint density at radius 2 is 2.00 bits per heavy atom. The third kappa shape index (κ3) is 5.41. The van der Waals surface area contributed by atoms with E-state index >= 15 is 0 Å². The lowest BCUT2D eigenvalue weighted by molar-refractivity contribution is 0.0635. The maximum Gasteiger partial charge on any atom is 0.413 e. The van der Waals surface area contributed by atoms with Crippen molar-refractivity contribution in [2.75, 3.05) is 5.32 Å². The van der Waals surface area contributed by atoms with Crippen LogP contribution in [-0.4, -0.2) is 21.9 Å². The molecular weight excluding hydrogens is 292 g/mol. The summed E-state index contributed by atoms with van der Waals surface area (Å²) >= 11 is 0. The Bertz CT molecular complexity index is 632. The second-order valence-corrected chi connectivity index (χ2v) is 6.41. The number of ether oxygens (including phenoxy) is 1. The van der Waals surface area contributed by atoms with Crippen molar-refractivity contribution in [3.63, 3.8) is 0 Å². The summed E-state index contributed by atoms with van der Waals surface area (Å²) in [5.41, 5.74) is 1.54. The SMILES string of the molecule is CC(NCc1cn[nH]c1NC(=O)OC(C)(C)C)c1ccccc1. The maximum absolute atomic E-state index is 11.8. The highest BCUT2D eigenvalue weighted by atomic mass is 16.6. The van der Waals surface area contributed by atoms with Gasteiger partial charge in [0.15, 0.2) is 0 Å². The van der Waals surface area contributed by atoms with Crippen LogP contribution in [-0.2, 0) is 11.3 Å². The monoisotopic (exact) mass is 316 g/mol. The number of nitrogens with zero attached hydrogens (tertiary/aromatic N) is 1. The van der Waals surface area contributed by atoms with Crippen molar-refractivity contribution in [3.05, 3.63) is 47.7 Å². The second kappa shape index (κ2) is 7.28. The standard InChI is InChI=1S/C17H24N4O2/c1-12(13-8-6-5-7-9-13)18-10-14-11-19-21-15(14)20-16(22)23-17(2,3)4/h5-9,11-12,18H,10H2,1-4H3,(H2,19,20,21,22). The van der Waals surface area contributed by atoms with Crippen LogP contribution in [0.25, 0.3) is 0 Å². The molecule has 3 N–H and O–H groups in total. The molecule has 1 amide bonds. The molecule has 1 heterocycles. The maximum atomic E-state index is 11.8. The van der Waals surface area contributed by atoms with Crippen molar-refractivity contribution >= 4 is 11.9 Å². The fourth-order valence-corrected chi connectivity index (χ4v) is 2.08. The molecule has 0 saturated heterocycles. The first-order chi connectivity index (χ1) is 10.8. The summed E-state index contributed by atoms with van der Waals surface area (Å²) < 4.78 is 5.24. The first-order valence-corrected chi connectivity index (χ1v) is 7.66. The molecule has 0 fully saturated rings. The molecule has 23 heavy (non-hydrogen) atoms. The van der Waals surface area contributed by atoms with E-state index < -0.39 is 11.7 Å². The zero-order valence-corrected chi connectivity index (χ0v) is 14.0. The average molecular weight is 316 g/mol. The normalized spacial score (nSPS) is 12.7. The summed E-state index contributed by atoms with van der Waals surface area (Å²) in [6.45, 7) is 8.14. The lowest BCUT2D eigenvalue weighted by atomic mass is 10.1. The minimum atomic E-state index is -0.537. The van der Waals surface area contributed by atoms with E-state index in [1.165, 1.54) is 5.56 Å². The molecule has 2 aromatic rings. The van der Waals surface area contributed by atoms with Crippen LogP contribution in [0.5, 0.6) is 0 Å². The molecule has 1 aromatic carbocycles. The number of carbonyl (C=O) groups is 1. The van der Waals surface area contributed by atoms with Crippen LogP contribution in [0.3, 0.4) is 0 Å². The highest BCUT2D eigenvalue weighted by molar-refractivity contribution is 5.84. The molecule has 2 rings (SSSR count). The van der Waals surface area contributed by atoms with Crippen molar-refractivity contribution in [3.8, 4) is 0 Å². The van der Waals surface area contributed by atoms with Gasteiger partial charge in [-0.1, -0.05) is 30.3 Å². The van der Waals surface area contributed by atoms with E-state index in [9.17, 15) is 4.79 Å². The summed E-state index contributed by atoms with van der Waals surface area (Å²) in [5, 5.41) is 12.9. The van der Waals surface area contributed by atoms with Crippen molar-refractivity contribution < 1.29 is 9.53 Å². The van der Waals surface area contributed by atoms with Gasteiger partial charge >= 0.3 is 6.09 Å². The van der Waals surface area contributed by atoms with E-state index in [0.29, 0.717) is 12.4 Å². The Labute approximate surface area is 136 Å². The van der Waals surface area contributed by atoms with Gasteiger partial charge in [-0.05, 0) is 33.3 Å². The Hall–Kier alpha value is -2.34. The lowest BCUT2D eigenvalue weighted by Gasteiger charge is -2.19. The van der Waals surface area contributed by atoms with Crippen LogP contribution in [0.1, 0.15) is 44.9 Å². The Balaban J connectivity index is 1.92. The van der Waals surface area contributed by atoms with Gasteiger partial charge in [0.25, 0.3) is 0 Å². The van der Waals surface area contributed by atoms with E-state index in [1.54, 1.807) is 6.20 Å². The number of benzene rings is 1. The van der Waals surface area contributed by atoms with Crippen molar-refractivity contribution in [2.24, 2.45) is 0 Å². The number of H-pyrrole nitrogens is 1. The first-order valence-electron chi connectivity index (χ1n) is 7.66. The van der Waals surface area contributed by atoms with E-state index in [0.717, 1.165) is 5.56 Å². The molecular formula is C17H24N4O2. The average Bonchev–Trinajstić information content (AvgIpc) is 2.90. The van der Waals surface area contributed by atoms with Gasteiger partial charge in [-0.3, -0.25) is 10.4 Å². The summed E-state index contributed by atoms with van der Waals surface area (Å²) in [5.74, 6) is 0.548. The molecule has 124 valence electrons. The molecule has 0 bridgehead atoms. The van der Waals surface area contributed by atoms with Gasteiger partial charge in [0, 0.05) is 18.2 Å². The van der Waals surface area contributed by atoms with E-state index in [-0.39, 0.29) is 6.04 Å². The lowest BCUT2D eigenvalue weighted by Crippen LogP contribution is -2.28. The predicted octanol–water partition coefficient (Wildman–Crippen LogP) is 3.61. The van der Waals surface area contributed by atoms with Gasteiger partial charge in [0.2, 0.25) is 0 Å². The number of hydrogen-bond acceptors (Lipinski definition) is 4. The number of amides is 1. The van der Waals surface area contributed by atoms with Gasteiger partial charge in [-0.2, -0.15) is 5.10 Å². The van der Waals surface area contributed by atoms with Crippen molar-refractivity contribution in [2.45, 2.75) is 45.9 Å². The number of rotatable bonds is 5. The summed E-state index contributed by atoms with van der Waals surface area (Å²) in [4.78, 5) is 11.8. The molecule has 0 spiro atoms. The second-order valence-electron chi connectivity index (χ2n) is 6.41. The third-order valence-corrected chi connectivity index (χ3v) is 3.24. The van der Waals surface area contributed by atoms with Crippen molar-refractivity contribution in [1.82, 2.24) is 15.5 Å². The smallest absolute Gasteiger partial charge is 0.413 e. The van der Waals surface area contributed by atoms with E-state index in [1.807, 2.05) is 39.0 Å². The highest BCUT2D eigenvalue weighted by Crippen LogP contribution is 2.16. The number of aromatic nitrogens is 2. The third-order valence-electron chi connectivity index (χ3n) is 3.24.